The van der Waals surface area contributed by atoms with Gasteiger partial charge in [0.1, 0.15) is 0 Å². The average molecular weight is 501 g/mol. The molecule has 1 fully saturated rings. The number of imidazole rings is 1. The van der Waals surface area contributed by atoms with Crippen molar-refractivity contribution in [2.75, 3.05) is 18.0 Å². The standard InChI is InChI=1S/C23H29BrN6S/c1-15-18(24)20-26-10-13-30(20)21(27-15)29-11-7-23(8-12-29)14-17-16(6-5-9-25-17)19(23)28-31-22(2,3)4/h5-6,9-10,13,19,28H,7-8,11-12,14H2,1-4H3/t19-/m1/s1. The molecule has 3 aromatic rings. The number of hydrogen-bond donors (Lipinski definition) is 1. The van der Waals surface area contributed by atoms with E-state index in [1.54, 1.807) is 0 Å². The maximum atomic E-state index is 4.91. The van der Waals surface area contributed by atoms with Gasteiger partial charge in [-0.2, -0.15) is 0 Å². The van der Waals surface area contributed by atoms with Gasteiger partial charge in [0, 0.05) is 42.1 Å². The molecule has 1 aliphatic carbocycles. The number of nitrogens with zero attached hydrogens (tertiary/aromatic N) is 5. The summed E-state index contributed by atoms with van der Waals surface area (Å²) in [6, 6.07) is 4.67. The highest BCUT2D eigenvalue weighted by Crippen LogP contribution is 2.52. The van der Waals surface area contributed by atoms with E-state index in [1.165, 1.54) is 11.3 Å². The number of aromatic nitrogens is 4. The summed E-state index contributed by atoms with van der Waals surface area (Å²) in [5, 5.41) is 0. The lowest BCUT2D eigenvalue weighted by atomic mass is 9.73. The third-order valence-electron chi connectivity index (χ3n) is 6.53. The molecule has 3 aromatic heterocycles. The molecular formula is C23H29BrN6S. The van der Waals surface area contributed by atoms with Crippen LogP contribution in [0.15, 0.2) is 35.2 Å². The summed E-state index contributed by atoms with van der Waals surface area (Å²) in [5.41, 5.74) is 4.75. The molecule has 0 bridgehead atoms. The highest BCUT2D eigenvalue weighted by atomic mass is 79.9. The molecule has 1 atom stereocenters. The van der Waals surface area contributed by atoms with Crippen LogP contribution in [0.2, 0.25) is 0 Å². The Balaban J connectivity index is 1.42. The Morgan fingerprint density at radius 3 is 2.71 bits per heavy atom. The van der Waals surface area contributed by atoms with Gasteiger partial charge in [-0.25, -0.2) is 9.97 Å². The number of anilines is 1. The summed E-state index contributed by atoms with van der Waals surface area (Å²) < 4.78 is 7.09. The number of nitrogens with one attached hydrogen (secondary N) is 1. The van der Waals surface area contributed by atoms with Crippen LogP contribution in [0.1, 0.15) is 56.6 Å². The van der Waals surface area contributed by atoms with Gasteiger partial charge in [0.15, 0.2) is 5.65 Å². The fourth-order valence-corrected chi connectivity index (χ4v) is 6.16. The van der Waals surface area contributed by atoms with Crippen molar-refractivity contribution in [2.45, 2.75) is 57.7 Å². The minimum atomic E-state index is 0.165. The van der Waals surface area contributed by atoms with Crippen molar-refractivity contribution in [3.05, 3.63) is 52.1 Å². The second-order valence-electron chi connectivity index (χ2n) is 9.76. The predicted molar refractivity (Wildman–Crippen MR) is 130 cm³/mol. The Hall–Kier alpha value is -1.64. The third kappa shape index (κ3) is 3.76. The zero-order valence-corrected chi connectivity index (χ0v) is 20.9. The van der Waals surface area contributed by atoms with Gasteiger partial charge in [-0.3, -0.25) is 14.1 Å². The lowest BCUT2D eigenvalue weighted by Crippen LogP contribution is -2.46. The minimum absolute atomic E-state index is 0.165. The van der Waals surface area contributed by atoms with Crippen molar-refractivity contribution in [3.63, 3.8) is 0 Å². The first-order valence-corrected chi connectivity index (χ1v) is 12.5. The minimum Gasteiger partial charge on any atom is -0.342 e. The summed E-state index contributed by atoms with van der Waals surface area (Å²) in [5.74, 6) is 0.991. The number of hydrogen-bond acceptors (Lipinski definition) is 6. The van der Waals surface area contributed by atoms with Crippen LogP contribution in [0.3, 0.4) is 0 Å². The van der Waals surface area contributed by atoms with E-state index in [0.717, 1.165) is 54.1 Å². The van der Waals surface area contributed by atoms with Gasteiger partial charge in [-0.15, -0.1) is 0 Å². The quantitative estimate of drug-likeness (QED) is 0.503. The molecule has 8 heteroatoms. The normalized spacial score (nSPS) is 20.5. The van der Waals surface area contributed by atoms with Gasteiger partial charge < -0.3 is 4.90 Å². The van der Waals surface area contributed by atoms with Crippen molar-refractivity contribution in [2.24, 2.45) is 5.41 Å². The molecule has 0 unspecified atom stereocenters. The molecular weight excluding hydrogens is 472 g/mol. The first kappa shape index (κ1) is 21.2. The topological polar surface area (TPSA) is 58.4 Å². The fraction of sp³-hybridized carbons (Fsp3) is 0.522. The van der Waals surface area contributed by atoms with Crippen LogP contribution in [-0.4, -0.2) is 37.2 Å². The molecule has 1 spiro atoms. The molecule has 4 heterocycles. The SMILES string of the molecule is Cc1nc(N2CCC3(CC2)Cc2ncccc2[C@H]3NSC(C)(C)C)n2ccnc2c1Br. The molecule has 5 rings (SSSR count). The molecule has 6 nitrogen and oxygen atoms in total. The molecule has 0 amide bonds. The van der Waals surface area contributed by atoms with Crippen molar-refractivity contribution in [3.8, 4) is 0 Å². The summed E-state index contributed by atoms with van der Waals surface area (Å²) in [4.78, 5) is 16.6. The lowest BCUT2D eigenvalue weighted by Gasteiger charge is -2.44. The zero-order valence-electron chi connectivity index (χ0n) is 18.5. The van der Waals surface area contributed by atoms with E-state index in [2.05, 4.69) is 67.8 Å². The van der Waals surface area contributed by atoms with E-state index in [4.69, 9.17) is 9.97 Å². The van der Waals surface area contributed by atoms with E-state index >= 15 is 0 Å². The molecule has 2 aliphatic rings. The van der Waals surface area contributed by atoms with E-state index in [1.807, 2.05) is 37.5 Å². The van der Waals surface area contributed by atoms with Crippen LogP contribution in [0.4, 0.5) is 5.95 Å². The number of halogens is 1. The first-order valence-electron chi connectivity index (χ1n) is 10.9. The fourth-order valence-electron chi connectivity index (χ4n) is 4.93. The Labute approximate surface area is 196 Å². The predicted octanol–water partition coefficient (Wildman–Crippen LogP) is 5.12. The summed E-state index contributed by atoms with van der Waals surface area (Å²) >= 11 is 5.49. The molecule has 31 heavy (non-hydrogen) atoms. The van der Waals surface area contributed by atoms with Crippen LogP contribution < -0.4 is 9.62 Å². The number of piperidine rings is 1. The van der Waals surface area contributed by atoms with Gasteiger partial charge in [0.2, 0.25) is 5.95 Å². The van der Waals surface area contributed by atoms with E-state index in [-0.39, 0.29) is 10.2 Å². The molecule has 1 saturated heterocycles. The second-order valence-corrected chi connectivity index (χ2v) is 12.2. The van der Waals surface area contributed by atoms with Gasteiger partial charge in [0.25, 0.3) is 0 Å². The van der Waals surface area contributed by atoms with Crippen LogP contribution in [0, 0.1) is 12.3 Å². The van der Waals surface area contributed by atoms with E-state index in [9.17, 15) is 0 Å². The van der Waals surface area contributed by atoms with Crippen molar-refractivity contribution >= 4 is 39.5 Å². The second kappa shape index (κ2) is 7.74. The molecule has 1 aliphatic heterocycles. The maximum Gasteiger partial charge on any atom is 0.211 e. The van der Waals surface area contributed by atoms with Crippen molar-refractivity contribution < 1.29 is 0 Å². The Kier molecular flexibility index (Phi) is 5.30. The monoisotopic (exact) mass is 500 g/mol. The molecule has 0 aromatic carbocycles. The Morgan fingerprint density at radius 2 is 1.97 bits per heavy atom. The van der Waals surface area contributed by atoms with Crippen LogP contribution >= 0.6 is 27.9 Å². The molecule has 0 radical (unpaired) electrons. The summed E-state index contributed by atoms with van der Waals surface area (Å²) in [6.07, 6.45) is 9.06. The number of pyridine rings is 1. The zero-order chi connectivity index (χ0) is 21.8. The average Bonchev–Trinajstić information content (AvgIpc) is 3.32. The number of rotatable bonds is 3. The molecule has 0 saturated carbocycles. The van der Waals surface area contributed by atoms with E-state index < -0.39 is 0 Å². The van der Waals surface area contributed by atoms with Gasteiger partial charge in [0.05, 0.1) is 16.2 Å². The van der Waals surface area contributed by atoms with Crippen LogP contribution in [0.25, 0.3) is 5.65 Å². The van der Waals surface area contributed by atoms with Crippen molar-refractivity contribution in [1.29, 1.82) is 0 Å². The van der Waals surface area contributed by atoms with Crippen molar-refractivity contribution in [1.82, 2.24) is 24.1 Å². The molecule has 1 N–H and O–H groups in total. The van der Waals surface area contributed by atoms with Gasteiger partial charge in [-0.1, -0.05) is 18.0 Å². The number of fused-ring (bicyclic) bond motifs is 2. The van der Waals surface area contributed by atoms with Gasteiger partial charge >= 0.3 is 0 Å². The van der Waals surface area contributed by atoms with Gasteiger partial charge in [-0.05, 0) is 79.9 Å². The Morgan fingerprint density at radius 1 is 1.19 bits per heavy atom. The highest BCUT2D eigenvalue weighted by molar-refractivity contribution is 9.10. The largest absolute Gasteiger partial charge is 0.342 e. The molecule has 164 valence electrons. The Bertz CT molecular complexity index is 1110. The smallest absolute Gasteiger partial charge is 0.211 e. The maximum absolute atomic E-state index is 4.91. The summed E-state index contributed by atoms with van der Waals surface area (Å²) in [6.45, 7) is 10.8. The first-order chi connectivity index (χ1) is 14.8. The summed E-state index contributed by atoms with van der Waals surface area (Å²) in [7, 11) is 0. The van der Waals surface area contributed by atoms with E-state index in [0.29, 0.717) is 6.04 Å². The highest BCUT2D eigenvalue weighted by Gasteiger charge is 2.49. The van der Waals surface area contributed by atoms with Crippen LogP contribution in [0.5, 0.6) is 0 Å². The third-order valence-corrected chi connectivity index (χ3v) is 8.43. The lowest BCUT2D eigenvalue weighted by molar-refractivity contribution is 0.177. The number of aryl methyl sites for hydroxylation is 1. The van der Waals surface area contributed by atoms with Crippen LogP contribution in [-0.2, 0) is 6.42 Å².